The second-order valence-corrected chi connectivity index (χ2v) is 6.85. The Morgan fingerprint density at radius 2 is 2.00 bits per heavy atom. The molecule has 112 valence electrons. The van der Waals surface area contributed by atoms with Gasteiger partial charge in [0.2, 0.25) is 0 Å². The lowest BCUT2D eigenvalue weighted by atomic mass is 9.96. The molecule has 0 aliphatic rings. The maximum Gasteiger partial charge on any atom is 0.124 e. The van der Waals surface area contributed by atoms with E-state index in [2.05, 4.69) is 82.0 Å². The van der Waals surface area contributed by atoms with Crippen LogP contribution in [0.4, 0.5) is 0 Å². The first kappa shape index (κ1) is 16.8. The molecule has 0 aliphatic heterocycles. The van der Waals surface area contributed by atoms with Crippen LogP contribution in [0, 0.1) is 10.5 Å². The van der Waals surface area contributed by atoms with E-state index < -0.39 is 0 Å². The van der Waals surface area contributed by atoms with Gasteiger partial charge in [0.05, 0.1) is 13.2 Å². The lowest BCUT2D eigenvalue weighted by Crippen LogP contribution is -2.23. The Hall–Kier alpha value is -0.590. The third kappa shape index (κ3) is 3.79. The molecule has 1 atom stereocenters. The number of rotatable bonds is 5. The Labute approximate surface area is 148 Å². The van der Waals surface area contributed by atoms with Crippen LogP contribution in [0.15, 0.2) is 40.9 Å². The van der Waals surface area contributed by atoms with Crippen molar-refractivity contribution in [3.8, 4) is 5.75 Å². The number of benzene rings is 2. The summed E-state index contributed by atoms with van der Waals surface area (Å²) in [4.78, 5) is 0. The monoisotopic (exact) mass is 459 g/mol. The summed E-state index contributed by atoms with van der Waals surface area (Å²) in [6.45, 7) is 5.16. The number of aryl methyl sites for hydroxylation is 1. The Bertz CT molecular complexity index is 630. The van der Waals surface area contributed by atoms with E-state index >= 15 is 0 Å². The summed E-state index contributed by atoms with van der Waals surface area (Å²) in [5.74, 6) is 0.904. The van der Waals surface area contributed by atoms with Crippen molar-refractivity contribution in [1.82, 2.24) is 5.32 Å². The topological polar surface area (TPSA) is 21.3 Å². The second-order valence-electron chi connectivity index (χ2n) is 4.86. The maximum atomic E-state index is 5.56. The van der Waals surface area contributed by atoms with E-state index in [0.717, 1.165) is 22.3 Å². The normalized spacial score (nSPS) is 12.2. The van der Waals surface area contributed by atoms with E-state index in [9.17, 15) is 0 Å². The van der Waals surface area contributed by atoms with Crippen LogP contribution in [0.2, 0.25) is 0 Å². The van der Waals surface area contributed by atoms with Crippen LogP contribution < -0.4 is 10.1 Å². The maximum absolute atomic E-state index is 5.56. The van der Waals surface area contributed by atoms with Gasteiger partial charge in [0, 0.05) is 13.6 Å². The average molecular weight is 460 g/mol. The molecule has 0 radical (unpaired) electrons. The van der Waals surface area contributed by atoms with Crippen LogP contribution in [-0.2, 0) is 0 Å². The SMILES string of the molecule is CCNC(c1cc(Br)ccc1OC)c1cccc(C)c1I. The van der Waals surface area contributed by atoms with Gasteiger partial charge in [-0.25, -0.2) is 0 Å². The summed E-state index contributed by atoms with van der Waals surface area (Å²) >= 11 is 5.99. The fourth-order valence-electron chi connectivity index (χ4n) is 2.42. The summed E-state index contributed by atoms with van der Waals surface area (Å²) < 4.78 is 7.91. The molecular weight excluding hydrogens is 441 g/mol. The summed E-state index contributed by atoms with van der Waals surface area (Å²) in [6.07, 6.45) is 0. The van der Waals surface area contributed by atoms with Gasteiger partial charge >= 0.3 is 0 Å². The summed E-state index contributed by atoms with van der Waals surface area (Å²) in [6, 6.07) is 12.7. The van der Waals surface area contributed by atoms with Crippen LogP contribution in [0.1, 0.15) is 29.7 Å². The van der Waals surface area contributed by atoms with Gasteiger partial charge in [0.25, 0.3) is 0 Å². The average Bonchev–Trinajstić information content (AvgIpc) is 2.48. The molecule has 2 nitrogen and oxygen atoms in total. The lowest BCUT2D eigenvalue weighted by Gasteiger charge is -2.23. The van der Waals surface area contributed by atoms with Crippen molar-refractivity contribution in [2.45, 2.75) is 19.9 Å². The molecule has 4 heteroatoms. The predicted octanol–water partition coefficient (Wildman–Crippen LogP) is 5.07. The van der Waals surface area contributed by atoms with Gasteiger partial charge in [-0.2, -0.15) is 0 Å². The highest BCUT2D eigenvalue weighted by Crippen LogP contribution is 2.35. The van der Waals surface area contributed by atoms with Crippen LogP contribution in [0.25, 0.3) is 0 Å². The molecule has 0 amide bonds. The van der Waals surface area contributed by atoms with Crippen molar-refractivity contribution in [1.29, 1.82) is 0 Å². The third-order valence-corrected chi connectivity index (χ3v) is 5.41. The highest BCUT2D eigenvalue weighted by Gasteiger charge is 2.20. The lowest BCUT2D eigenvalue weighted by molar-refractivity contribution is 0.404. The zero-order valence-electron chi connectivity index (χ0n) is 12.4. The second kappa shape index (κ2) is 7.61. The molecule has 0 spiro atoms. The Morgan fingerprint density at radius 1 is 1.24 bits per heavy atom. The van der Waals surface area contributed by atoms with E-state index in [1.807, 2.05) is 12.1 Å². The summed E-state index contributed by atoms with van der Waals surface area (Å²) in [5, 5.41) is 3.58. The van der Waals surface area contributed by atoms with Crippen molar-refractivity contribution < 1.29 is 4.74 Å². The van der Waals surface area contributed by atoms with E-state index in [1.165, 1.54) is 14.7 Å². The first-order valence-electron chi connectivity index (χ1n) is 6.90. The minimum absolute atomic E-state index is 0.120. The molecule has 0 aliphatic carbocycles. The van der Waals surface area contributed by atoms with Crippen LogP contribution in [-0.4, -0.2) is 13.7 Å². The highest BCUT2D eigenvalue weighted by atomic mass is 127. The van der Waals surface area contributed by atoms with Crippen molar-refractivity contribution in [2.75, 3.05) is 13.7 Å². The van der Waals surface area contributed by atoms with Gasteiger partial charge in [0.15, 0.2) is 0 Å². The summed E-state index contributed by atoms with van der Waals surface area (Å²) in [5.41, 5.74) is 3.73. The zero-order chi connectivity index (χ0) is 15.4. The molecule has 0 saturated carbocycles. The van der Waals surface area contributed by atoms with Crippen LogP contribution in [0.3, 0.4) is 0 Å². The minimum atomic E-state index is 0.120. The molecule has 2 rings (SSSR count). The Balaban J connectivity index is 2.58. The van der Waals surface area contributed by atoms with Gasteiger partial charge in [-0.3, -0.25) is 0 Å². The molecule has 2 aromatic carbocycles. The van der Waals surface area contributed by atoms with Gasteiger partial charge in [-0.05, 0) is 65.4 Å². The number of hydrogen-bond donors (Lipinski definition) is 1. The largest absolute Gasteiger partial charge is 0.496 e. The molecule has 1 N–H and O–H groups in total. The summed E-state index contributed by atoms with van der Waals surface area (Å²) in [7, 11) is 1.72. The highest BCUT2D eigenvalue weighted by molar-refractivity contribution is 14.1. The van der Waals surface area contributed by atoms with Crippen molar-refractivity contribution >= 4 is 38.5 Å². The number of methoxy groups -OCH3 is 1. The molecular formula is C17H19BrINO. The van der Waals surface area contributed by atoms with Gasteiger partial charge < -0.3 is 10.1 Å². The van der Waals surface area contributed by atoms with Gasteiger partial charge in [0.1, 0.15) is 5.75 Å². The minimum Gasteiger partial charge on any atom is -0.496 e. The van der Waals surface area contributed by atoms with Crippen LogP contribution in [0.5, 0.6) is 5.75 Å². The van der Waals surface area contributed by atoms with E-state index in [-0.39, 0.29) is 6.04 Å². The number of hydrogen-bond acceptors (Lipinski definition) is 2. The van der Waals surface area contributed by atoms with E-state index in [1.54, 1.807) is 7.11 Å². The van der Waals surface area contributed by atoms with Crippen molar-refractivity contribution in [3.63, 3.8) is 0 Å². The molecule has 0 heterocycles. The quantitative estimate of drug-likeness (QED) is 0.630. The fraction of sp³-hybridized carbons (Fsp3) is 0.294. The van der Waals surface area contributed by atoms with E-state index in [4.69, 9.17) is 4.74 Å². The molecule has 21 heavy (non-hydrogen) atoms. The molecule has 2 aromatic rings. The molecule has 0 saturated heterocycles. The first-order chi connectivity index (χ1) is 10.1. The Kier molecular flexibility index (Phi) is 6.08. The third-order valence-electron chi connectivity index (χ3n) is 3.44. The number of nitrogens with one attached hydrogen (secondary N) is 1. The smallest absolute Gasteiger partial charge is 0.124 e. The zero-order valence-corrected chi connectivity index (χ0v) is 16.2. The van der Waals surface area contributed by atoms with Crippen molar-refractivity contribution in [3.05, 3.63) is 61.1 Å². The standard InChI is InChI=1S/C17H19BrINO/c1-4-20-17(13-7-5-6-11(2)16(13)19)14-10-12(18)8-9-15(14)21-3/h5-10,17,20H,4H2,1-3H3. The van der Waals surface area contributed by atoms with Crippen LogP contribution >= 0.6 is 38.5 Å². The fourth-order valence-corrected chi connectivity index (χ4v) is 3.47. The van der Waals surface area contributed by atoms with Gasteiger partial charge in [-0.15, -0.1) is 0 Å². The van der Waals surface area contributed by atoms with Gasteiger partial charge in [-0.1, -0.05) is 41.1 Å². The first-order valence-corrected chi connectivity index (χ1v) is 8.77. The molecule has 1 unspecified atom stereocenters. The molecule has 0 aromatic heterocycles. The van der Waals surface area contributed by atoms with Crippen molar-refractivity contribution in [2.24, 2.45) is 0 Å². The molecule has 0 bridgehead atoms. The number of halogens is 2. The van der Waals surface area contributed by atoms with E-state index in [0.29, 0.717) is 0 Å². The molecule has 0 fully saturated rings. The predicted molar refractivity (Wildman–Crippen MR) is 100 cm³/mol. The number of ether oxygens (including phenoxy) is 1. The Morgan fingerprint density at radius 3 is 2.67 bits per heavy atom.